The summed E-state index contributed by atoms with van der Waals surface area (Å²) in [6.07, 6.45) is 4.69. The highest BCUT2D eigenvalue weighted by atomic mass is 32.1. The van der Waals surface area contributed by atoms with Crippen LogP contribution in [-0.4, -0.2) is 9.91 Å². The monoisotopic (exact) mass is 222 g/mol. The molecule has 2 rings (SSSR count). The van der Waals surface area contributed by atoms with E-state index in [-0.39, 0.29) is 5.54 Å². The second kappa shape index (κ2) is 3.70. The standard InChI is InChI=1S/C10H14N4S/c1-2-10(4-3-5-10)13-9-7(6-11)8(12)14-15-9/h13H,2-5H2,1H3,(H2,12,14). The average molecular weight is 222 g/mol. The highest BCUT2D eigenvalue weighted by Crippen LogP contribution is 2.40. The summed E-state index contributed by atoms with van der Waals surface area (Å²) in [5.74, 6) is 0.343. The molecular weight excluding hydrogens is 208 g/mol. The van der Waals surface area contributed by atoms with Gasteiger partial charge in [0.15, 0.2) is 5.82 Å². The second-order valence-electron chi connectivity index (χ2n) is 4.00. The number of nitrogens with zero attached hydrogens (tertiary/aromatic N) is 2. The van der Waals surface area contributed by atoms with Crippen molar-refractivity contribution in [2.45, 2.75) is 38.1 Å². The molecule has 0 bridgehead atoms. The van der Waals surface area contributed by atoms with Crippen molar-refractivity contribution >= 4 is 22.4 Å². The number of nitrogens with one attached hydrogen (secondary N) is 1. The predicted molar refractivity (Wildman–Crippen MR) is 61.7 cm³/mol. The molecule has 1 aromatic heterocycles. The van der Waals surface area contributed by atoms with Crippen LogP contribution in [0.25, 0.3) is 0 Å². The Kier molecular flexibility index (Phi) is 2.53. The molecule has 15 heavy (non-hydrogen) atoms. The van der Waals surface area contributed by atoms with Crippen molar-refractivity contribution in [2.24, 2.45) is 0 Å². The van der Waals surface area contributed by atoms with Gasteiger partial charge in [-0.05, 0) is 37.2 Å². The number of nitrogens with two attached hydrogens (primary N) is 1. The van der Waals surface area contributed by atoms with E-state index in [2.05, 4.69) is 22.7 Å². The maximum Gasteiger partial charge on any atom is 0.157 e. The van der Waals surface area contributed by atoms with Gasteiger partial charge in [0.2, 0.25) is 0 Å². The molecule has 5 heteroatoms. The summed E-state index contributed by atoms with van der Waals surface area (Å²) < 4.78 is 4.00. The third kappa shape index (κ3) is 1.65. The zero-order chi connectivity index (χ0) is 10.9. The van der Waals surface area contributed by atoms with Gasteiger partial charge >= 0.3 is 0 Å². The van der Waals surface area contributed by atoms with Gasteiger partial charge in [-0.1, -0.05) is 6.92 Å². The minimum Gasteiger partial charge on any atom is -0.382 e. The van der Waals surface area contributed by atoms with Crippen molar-refractivity contribution in [3.8, 4) is 6.07 Å². The highest BCUT2D eigenvalue weighted by Gasteiger charge is 2.36. The summed E-state index contributed by atoms with van der Waals surface area (Å²) in [6.45, 7) is 2.17. The Balaban J connectivity index is 2.21. The molecule has 1 saturated carbocycles. The molecular formula is C10H14N4S. The van der Waals surface area contributed by atoms with Crippen molar-refractivity contribution in [2.75, 3.05) is 11.1 Å². The van der Waals surface area contributed by atoms with Gasteiger partial charge in [0.05, 0.1) is 0 Å². The lowest BCUT2D eigenvalue weighted by Crippen LogP contribution is -2.44. The summed E-state index contributed by atoms with van der Waals surface area (Å²) in [7, 11) is 0. The summed E-state index contributed by atoms with van der Waals surface area (Å²) in [5.41, 5.74) is 6.29. The van der Waals surface area contributed by atoms with E-state index in [1.165, 1.54) is 30.8 Å². The van der Waals surface area contributed by atoms with E-state index in [4.69, 9.17) is 11.0 Å². The highest BCUT2D eigenvalue weighted by molar-refractivity contribution is 7.10. The Hall–Kier alpha value is -1.28. The molecule has 0 radical (unpaired) electrons. The van der Waals surface area contributed by atoms with Crippen LogP contribution in [0.4, 0.5) is 10.8 Å². The fourth-order valence-electron chi connectivity index (χ4n) is 1.91. The first-order valence-corrected chi connectivity index (χ1v) is 5.91. The van der Waals surface area contributed by atoms with E-state index in [1.54, 1.807) is 0 Å². The third-order valence-electron chi connectivity index (χ3n) is 3.20. The van der Waals surface area contributed by atoms with Crippen LogP contribution < -0.4 is 11.1 Å². The summed E-state index contributed by atoms with van der Waals surface area (Å²) in [5, 5.41) is 13.2. The van der Waals surface area contributed by atoms with Gasteiger partial charge < -0.3 is 11.1 Å². The molecule has 4 nitrogen and oxygen atoms in total. The van der Waals surface area contributed by atoms with Crippen LogP contribution in [-0.2, 0) is 0 Å². The van der Waals surface area contributed by atoms with Crippen LogP contribution in [0.3, 0.4) is 0 Å². The fourth-order valence-corrected chi connectivity index (χ4v) is 2.69. The number of hydrogen-bond acceptors (Lipinski definition) is 5. The van der Waals surface area contributed by atoms with E-state index in [1.807, 2.05) is 0 Å². The first kappa shape index (κ1) is 10.2. The Bertz CT molecular complexity index is 395. The molecule has 1 fully saturated rings. The zero-order valence-corrected chi connectivity index (χ0v) is 9.52. The Morgan fingerprint density at radius 1 is 1.67 bits per heavy atom. The van der Waals surface area contributed by atoms with E-state index in [0.29, 0.717) is 11.4 Å². The predicted octanol–water partition coefficient (Wildman–Crippen LogP) is 2.34. The molecule has 1 aliphatic rings. The largest absolute Gasteiger partial charge is 0.382 e. The molecule has 0 spiro atoms. The molecule has 3 N–H and O–H groups in total. The van der Waals surface area contributed by atoms with Crippen molar-refractivity contribution in [1.29, 1.82) is 5.26 Å². The Morgan fingerprint density at radius 2 is 2.40 bits per heavy atom. The number of anilines is 2. The molecule has 1 heterocycles. The number of aromatic nitrogens is 1. The third-order valence-corrected chi connectivity index (χ3v) is 3.97. The van der Waals surface area contributed by atoms with Gasteiger partial charge in [-0.2, -0.15) is 9.64 Å². The van der Waals surface area contributed by atoms with Crippen LogP contribution in [0.2, 0.25) is 0 Å². The van der Waals surface area contributed by atoms with Crippen molar-refractivity contribution in [1.82, 2.24) is 4.37 Å². The van der Waals surface area contributed by atoms with E-state index < -0.39 is 0 Å². The van der Waals surface area contributed by atoms with Crippen LogP contribution in [0.1, 0.15) is 38.2 Å². The summed E-state index contributed by atoms with van der Waals surface area (Å²) >= 11 is 1.28. The van der Waals surface area contributed by atoms with Gasteiger partial charge in [0.25, 0.3) is 0 Å². The fraction of sp³-hybridized carbons (Fsp3) is 0.600. The van der Waals surface area contributed by atoms with Crippen molar-refractivity contribution in [3.05, 3.63) is 5.56 Å². The van der Waals surface area contributed by atoms with Crippen LogP contribution in [0, 0.1) is 11.3 Å². The lowest BCUT2D eigenvalue weighted by Gasteiger charge is -2.42. The first-order chi connectivity index (χ1) is 7.21. The minimum atomic E-state index is 0.185. The van der Waals surface area contributed by atoms with E-state index >= 15 is 0 Å². The molecule has 0 saturated heterocycles. The second-order valence-corrected chi connectivity index (χ2v) is 4.77. The zero-order valence-electron chi connectivity index (χ0n) is 8.71. The number of hydrogen-bond donors (Lipinski definition) is 2. The van der Waals surface area contributed by atoms with E-state index in [9.17, 15) is 0 Å². The molecule has 0 amide bonds. The summed E-state index contributed by atoms with van der Waals surface area (Å²) in [4.78, 5) is 0. The van der Waals surface area contributed by atoms with Crippen molar-refractivity contribution in [3.63, 3.8) is 0 Å². The van der Waals surface area contributed by atoms with Crippen LogP contribution >= 0.6 is 11.5 Å². The lowest BCUT2D eigenvalue weighted by atomic mass is 9.75. The van der Waals surface area contributed by atoms with E-state index in [0.717, 1.165) is 11.4 Å². The molecule has 0 aliphatic heterocycles. The van der Waals surface area contributed by atoms with Crippen LogP contribution in [0.5, 0.6) is 0 Å². The first-order valence-electron chi connectivity index (χ1n) is 5.14. The van der Waals surface area contributed by atoms with Gasteiger partial charge in [-0.3, -0.25) is 0 Å². The normalized spacial score (nSPS) is 17.9. The van der Waals surface area contributed by atoms with Gasteiger partial charge in [-0.25, -0.2) is 0 Å². The van der Waals surface area contributed by atoms with Gasteiger partial charge in [0.1, 0.15) is 16.6 Å². The number of rotatable bonds is 3. The number of nitrogen functional groups attached to an aromatic ring is 1. The lowest BCUT2D eigenvalue weighted by molar-refractivity contribution is 0.270. The Morgan fingerprint density at radius 3 is 2.87 bits per heavy atom. The van der Waals surface area contributed by atoms with Crippen LogP contribution in [0.15, 0.2) is 0 Å². The molecule has 0 atom stereocenters. The quantitative estimate of drug-likeness (QED) is 0.823. The van der Waals surface area contributed by atoms with Gasteiger partial charge in [0, 0.05) is 5.54 Å². The molecule has 0 unspecified atom stereocenters. The Labute approximate surface area is 93.3 Å². The molecule has 1 aromatic rings. The summed E-state index contributed by atoms with van der Waals surface area (Å²) in [6, 6.07) is 2.10. The molecule has 0 aromatic carbocycles. The molecule has 80 valence electrons. The molecule has 1 aliphatic carbocycles. The number of nitriles is 1. The minimum absolute atomic E-state index is 0.185. The smallest absolute Gasteiger partial charge is 0.157 e. The maximum absolute atomic E-state index is 8.95. The average Bonchev–Trinajstić information content (AvgIpc) is 2.53. The topological polar surface area (TPSA) is 74.7 Å². The van der Waals surface area contributed by atoms with Gasteiger partial charge in [-0.15, -0.1) is 0 Å². The SMILES string of the molecule is CCC1(Nc2snc(N)c2C#N)CCC1. The van der Waals surface area contributed by atoms with Crippen molar-refractivity contribution < 1.29 is 0 Å². The maximum atomic E-state index is 8.95.